The Bertz CT molecular complexity index is 938. The monoisotopic (exact) mass is 356 g/mol. The molecule has 1 heterocycles. The van der Waals surface area contributed by atoms with Crippen molar-refractivity contribution in [3.8, 4) is 5.75 Å². The molecule has 2 aromatic rings. The summed E-state index contributed by atoms with van der Waals surface area (Å²) >= 11 is 0. The number of methoxy groups -OCH3 is 1. The normalized spacial score (nSPS) is 13.5. The zero-order chi connectivity index (χ0) is 18.8. The minimum atomic E-state index is -0.781. The van der Waals surface area contributed by atoms with Crippen molar-refractivity contribution >= 4 is 28.7 Å². The van der Waals surface area contributed by atoms with Gasteiger partial charge in [0.2, 0.25) is 0 Å². The molecule has 1 aliphatic rings. The summed E-state index contributed by atoms with van der Waals surface area (Å²) in [4.78, 5) is 32.9. The van der Waals surface area contributed by atoms with E-state index in [-0.39, 0.29) is 12.1 Å². The van der Waals surface area contributed by atoms with Crippen LogP contribution in [0.15, 0.2) is 47.6 Å². The lowest BCUT2D eigenvalue weighted by atomic mass is 10.1. The summed E-state index contributed by atoms with van der Waals surface area (Å²) < 4.78 is 5.07. The Morgan fingerprint density at radius 3 is 2.35 bits per heavy atom. The van der Waals surface area contributed by atoms with Crippen molar-refractivity contribution in [2.45, 2.75) is 6.42 Å². The molecular weight excluding hydrogens is 344 g/mol. The van der Waals surface area contributed by atoms with Crippen LogP contribution >= 0.6 is 0 Å². The first-order valence-electron chi connectivity index (χ1n) is 7.38. The number of hydrogen-bond acceptors (Lipinski definition) is 7. The second-order valence-corrected chi connectivity index (χ2v) is 5.34. The van der Waals surface area contributed by atoms with Crippen LogP contribution in [0.3, 0.4) is 0 Å². The van der Waals surface area contributed by atoms with Gasteiger partial charge in [0, 0.05) is 6.07 Å². The van der Waals surface area contributed by atoms with Crippen molar-refractivity contribution in [1.82, 2.24) is 0 Å². The minimum absolute atomic E-state index is 0.0412. The van der Waals surface area contributed by atoms with E-state index in [9.17, 15) is 25.0 Å². The van der Waals surface area contributed by atoms with Gasteiger partial charge in [0.15, 0.2) is 0 Å². The lowest BCUT2D eigenvalue weighted by molar-refractivity contribution is -0.393. The summed E-state index contributed by atoms with van der Waals surface area (Å²) in [6, 6.07) is 9.91. The maximum atomic E-state index is 12.3. The fraction of sp³-hybridized carbons (Fsp3) is 0.125. The average molecular weight is 356 g/mol. The molecule has 0 N–H and O–H groups in total. The van der Waals surface area contributed by atoms with Gasteiger partial charge in [0.05, 0.1) is 35.2 Å². The van der Waals surface area contributed by atoms with Crippen LogP contribution < -0.4 is 9.75 Å². The smallest absolute Gasteiger partial charge is 0.301 e. The molecule has 0 saturated carbocycles. The van der Waals surface area contributed by atoms with Gasteiger partial charge in [-0.15, -0.1) is 0 Å². The first-order valence-corrected chi connectivity index (χ1v) is 7.38. The summed E-state index contributed by atoms with van der Waals surface area (Å²) in [5.41, 5.74) is -0.00985. The van der Waals surface area contributed by atoms with Crippen LogP contribution in [0, 0.1) is 20.2 Å². The van der Waals surface area contributed by atoms with Gasteiger partial charge in [0.25, 0.3) is 11.6 Å². The van der Waals surface area contributed by atoms with Crippen molar-refractivity contribution < 1.29 is 19.4 Å². The number of amides is 1. The molecule has 0 aromatic heterocycles. The third-order valence-electron chi connectivity index (χ3n) is 3.79. The van der Waals surface area contributed by atoms with Gasteiger partial charge >= 0.3 is 5.69 Å². The third kappa shape index (κ3) is 3.07. The van der Waals surface area contributed by atoms with E-state index in [1.807, 2.05) is 0 Å². The van der Waals surface area contributed by atoms with E-state index >= 15 is 0 Å². The Morgan fingerprint density at radius 1 is 1.08 bits per heavy atom. The molecule has 10 nitrogen and oxygen atoms in total. The molecule has 0 bridgehead atoms. The van der Waals surface area contributed by atoms with Crippen molar-refractivity contribution in [3.05, 3.63) is 68.3 Å². The number of hydrazone groups is 1. The maximum absolute atomic E-state index is 12.3. The van der Waals surface area contributed by atoms with Crippen LogP contribution in [0.25, 0.3) is 0 Å². The molecule has 0 radical (unpaired) electrons. The number of nitro groups is 2. The number of carbonyl (C=O) groups excluding carboxylic acids is 1. The number of rotatable bonds is 5. The maximum Gasteiger partial charge on any atom is 0.301 e. The Balaban J connectivity index is 2.00. The van der Waals surface area contributed by atoms with E-state index in [4.69, 9.17) is 4.74 Å². The van der Waals surface area contributed by atoms with E-state index in [0.717, 1.165) is 23.2 Å². The summed E-state index contributed by atoms with van der Waals surface area (Å²) in [6.45, 7) is 0. The molecule has 2 aromatic carbocycles. The van der Waals surface area contributed by atoms with E-state index in [1.165, 1.54) is 7.11 Å². The van der Waals surface area contributed by atoms with Crippen LogP contribution in [0.4, 0.5) is 17.1 Å². The standard InChI is InChI=1S/C16H12N4O6/c1-26-12-5-2-10(3-6-12)13-9-16(21)18(17-13)14-7-4-11(19(22)23)8-15(14)20(24)25/h2-8H,9H2,1H3. The van der Waals surface area contributed by atoms with Gasteiger partial charge in [-0.1, -0.05) is 0 Å². The number of benzene rings is 2. The summed E-state index contributed by atoms with van der Waals surface area (Å²) in [7, 11) is 1.53. The molecular formula is C16H12N4O6. The van der Waals surface area contributed by atoms with Crippen molar-refractivity contribution in [2.75, 3.05) is 12.1 Å². The molecule has 132 valence electrons. The Labute approximate surface area is 146 Å². The lowest BCUT2D eigenvalue weighted by Gasteiger charge is -2.11. The second-order valence-electron chi connectivity index (χ2n) is 5.34. The number of anilines is 1. The van der Waals surface area contributed by atoms with Gasteiger partial charge in [-0.25, -0.2) is 0 Å². The van der Waals surface area contributed by atoms with Gasteiger partial charge < -0.3 is 4.74 Å². The van der Waals surface area contributed by atoms with E-state index in [0.29, 0.717) is 17.0 Å². The molecule has 0 aliphatic carbocycles. The lowest BCUT2D eigenvalue weighted by Crippen LogP contribution is -2.20. The van der Waals surface area contributed by atoms with E-state index in [2.05, 4.69) is 5.10 Å². The molecule has 0 unspecified atom stereocenters. The Kier molecular flexibility index (Phi) is 4.31. The largest absolute Gasteiger partial charge is 0.497 e. The van der Waals surface area contributed by atoms with E-state index in [1.54, 1.807) is 24.3 Å². The van der Waals surface area contributed by atoms with Gasteiger partial charge in [-0.2, -0.15) is 10.1 Å². The highest BCUT2D eigenvalue weighted by Gasteiger charge is 2.32. The number of non-ortho nitro benzene ring substituents is 1. The molecule has 0 fully saturated rings. The highest BCUT2D eigenvalue weighted by atomic mass is 16.6. The SMILES string of the molecule is COc1ccc(C2=NN(c3ccc([N+](=O)[O-])cc3[N+](=O)[O-])C(=O)C2)cc1. The van der Waals surface area contributed by atoms with Crippen LogP contribution in [0.2, 0.25) is 0 Å². The number of hydrogen-bond donors (Lipinski definition) is 0. The highest BCUT2D eigenvalue weighted by Crippen LogP contribution is 2.34. The molecule has 1 aliphatic heterocycles. The molecule has 1 amide bonds. The van der Waals surface area contributed by atoms with Crippen LogP contribution in [0.1, 0.15) is 12.0 Å². The molecule has 3 rings (SSSR count). The molecule has 26 heavy (non-hydrogen) atoms. The number of ether oxygens (including phenoxy) is 1. The van der Waals surface area contributed by atoms with Crippen molar-refractivity contribution in [3.63, 3.8) is 0 Å². The third-order valence-corrected chi connectivity index (χ3v) is 3.79. The molecule has 10 heteroatoms. The zero-order valence-corrected chi connectivity index (χ0v) is 13.5. The van der Waals surface area contributed by atoms with Crippen LogP contribution in [-0.4, -0.2) is 28.6 Å². The van der Waals surface area contributed by atoms with Gasteiger partial charge in [-0.3, -0.25) is 25.0 Å². The summed E-state index contributed by atoms with van der Waals surface area (Å²) in [5.74, 6) is 0.175. The average Bonchev–Trinajstić information content (AvgIpc) is 3.02. The predicted octanol–water partition coefficient (Wildman–Crippen LogP) is 2.65. The minimum Gasteiger partial charge on any atom is -0.497 e. The predicted molar refractivity (Wildman–Crippen MR) is 91.4 cm³/mol. The fourth-order valence-corrected chi connectivity index (χ4v) is 2.51. The van der Waals surface area contributed by atoms with Gasteiger partial charge in [-0.05, 0) is 35.9 Å². The molecule has 0 atom stereocenters. The van der Waals surface area contributed by atoms with Crippen molar-refractivity contribution in [2.24, 2.45) is 5.10 Å². The number of nitrogens with zero attached hydrogens (tertiary/aromatic N) is 4. The van der Waals surface area contributed by atoms with Crippen molar-refractivity contribution in [1.29, 1.82) is 0 Å². The highest BCUT2D eigenvalue weighted by molar-refractivity contribution is 6.19. The Hall–Kier alpha value is -3.82. The second kappa shape index (κ2) is 6.59. The number of carbonyl (C=O) groups is 1. The van der Waals surface area contributed by atoms with Gasteiger partial charge in [0.1, 0.15) is 11.4 Å². The Morgan fingerprint density at radius 2 is 1.77 bits per heavy atom. The van der Waals surface area contributed by atoms with Crippen LogP contribution in [-0.2, 0) is 4.79 Å². The molecule has 0 spiro atoms. The van der Waals surface area contributed by atoms with Crippen LogP contribution in [0.5, 0.6) is 5.75 Å². The quantitative estimate of drug-likeness (QED) is 0.598. The summed E-state index contributed by atoms with van der Waals surface area (Å²) in [6.07, 6.45) is -0.0412. The summed E-state index contributed by atoms with van der Waals surface area (Å²) in [5, 5.41) is 27.2. The molecule has 0 saturated heterocycles. The fourth-order valence-electron chi connectivity index (χ4n) is 2.51. The van der Waals surface area contributed by atoms with E-state index < -0.39 is 27.1 Å². The number of nitro benzene ring substituents is 2. The first kappa shape index (κ1) is 17.0. The zero-order valence-electron chi connectivity index (χ0n) is 13.5. The first-order chi connectivity index (χ1) is 12.4. The topological polar surface area (TPSA) is 128 Å².